The van der Waals surface area contributed by atoms with Crippen LogP contribution in [0.25, 0.3) is 0 Å². The summed E-state index contributed by atoms with van der Waals surface area (Å²) in [5, 5.41) is 22.4. The molecule has 1 rings (SSSR count). The number of anilines is 1. The van der Waals surface area contributed by atoms with Gasteiger partial charge >= 0.3 is 12.0 Å². The maximum Gasteiger partial charge on any atom is 0.326 e. The van der Waals surface area contributed by atoms with E-state index in [0.717, 1.165) is 4.47 Å². The topological polar surface area (TPSA) is 98.7 Å². The number of hydrogen-bond donors (Lipinski definition) is 4. The second-order valence-corrected chi connectivity index (χ2v) is 5.40. The molecule has 0 radical (unpaired) electrons. The summed E-state index contributed by atoms with van der Waals surface area (Å²) in [5.41, 5.74) is 0.500. The van der Waals surface area contributed by atoms with Gasteiger partial charge in [0.25, 0.3) is 0 Å². The highest BCUT2D eigenvalue weighted by molar-refractivity contribution is 9.11. The number of halogens is 2. The Hall–Kier alpha value is -1.12. The molecule has 0 spiro atoms. The van der Waals surface area contributed by atoms with Gasteiger partial charge in [-0.1, -0.05) is 15.9 Å². The van der Waals surface area contributed by atoms with E-state index in [1.54, 1.807) is 18.2 Å². The van der Waals surface area contributed by atoms with Crippen LogP contribution in [0.4, 0.5) is 10.5 Å². The number of aliphatic hydroxyl groups is 1. The number of hydrogen-bond acceptors (Lipinski definition) is 3. The molecule has 0 fully saturated rings. The van der Waals surface area contributed by atoms with Gasteiger partial charge in [0.15, 0.2) is 0 Å². The monoisotopic (exact) mass is 394 g/mol. The average molecular weight is 396 g/mol. The van der Waals surface area contributed by atoms with Crippen LogP contribution in [-0.4, -0.2) is 34.9 Å². The standard InChI is InChI=1S/C11H12Br2N2O4/c12-6-1-2-7(13)9(5-6)15-11(19)14-8(3-4-16)10(17)18/h1-2,5,8,16H,3-4H2,(H,17,18)(H2,14,15,19)/t8-/m1/s1. The number of carbonyl (C=O) groups excluding carboxylic acids is 1. The summed E-state index contributed by atoms with van der Waals surface area (Å²) in [6.07, 6.45) is -0.0532. The van der Waals surface area contributed by atoms with Crippen molar-refractivity contribution in [1.82, 2.24) is 5.32 Å². The normalized spacial score (nSPS) is 11.7. The molecule has 0 aromatic heterocycles. The van der Waals surface area contributed by atoms with Gasteiger partial charge in [-0.2, -0.15) is 0 Å². The summed E-state index contributed by atoms with van der Waals surface area (Å²) in [4.78, 5) is 22.5. The van der Waals surface area contributed by atoms with Gasteiger partial charge < -0.3 is 20.8 Å². The van der Waals surface area contributed by atoms with Crippen molar-refractivity contribution in [2.75, 3.05) is 11.9 Å². The molecule has 0 bridgehead atoms. The van der Waals surface area contributed by atoms with E-state index in [1.807, 2.05) is 0 Å². The molecule has 2 amide bonds. The van der Waals surface area contributed by atoms with Gasteiger partial charge in [0.2, 0.25) is 0 Å². The average Bonchev–Trinajstić information content (AvgIpc) is 2.33. The number of carboxylic acid groups (broad SMARTS) is 1. The van der Waals surface area contributed by atoms with Gasteiger partial charge in [0.05, 0.1) is 5.69 Å². The van der Waals surface area contributed by atoms with Gasteiger partial charge in [-0.25, -0.2) is 9.59 Å². The summed E-state index contributed by atoms with van der Waals surface area (Å²) in [7, 11) is 0. The van der Waals surface area contributed by atoms with Gasteiger partial charge in [0.1, 0.15) is 6.04 Å². The first kappa shape index (κ1) is 15.9. The number of carboxylic acids is 1. The highest BCUT2D eigenvalue weighted by Gasteiger charge is 2.19. The molecule has 6 nitrogen and oxygen atoms in total. The minimum absolute atomic E-state index is 0.0532. The van der Waals surface area contributed by atoms with Crippen molar-refractivity contribution >= 4 is 49.5 Å². The van der Waals surface area contributed by atoms with Crippen molar-refractivity contribution in [1.29, 1.82) is 0 Å². The van der Waals surface area contributed by atoms with E-state index >= 15 is 0 Å². The van der Waals surface area contributed by atoms with Crippen LogP contribution in [0.5, 0.6) is 0 Å². The minimum atomic E-state index is -1.20. The summed E-state index contributed by atoms with van der Waals surface area (Å²) in [6, 6.07) is 3.42. The molecule has 1 aromatic rings. The van der Waals surface area contributed by atoms with Crippen molar-refractivity contribution in [3.8, 4) is 0 Å². The lowest BCUT2D eigenvalue weighted by atomic mass is 10.2. The predicted molar refractivity (Wildman–Crippen MR) is 77.1 cm³/mol. The Morgan fingerprint density at radius 1 is 1.32 bits per heavy atom. The SMILES string of the molecule is O=C(Nc1cc(Br)ccc1Br)N[C@H](CCO)C(=O)O. The number of urea groups is 1. The highest BCUT2D eigenvalue weighted by atomic mass is 79.9. The molecule has 4 N–H and O–H groups in total. The lowest BCUT2D eigenvalue weighted by Gasteiger charge is -2.14. The quantitative estimate of drug-likeness (QED) is 0.613. The van der Waals surface area contributed by atoms with Crippen LogP contribution in [-0.2, 0) is 4.79 Å². The number of aliphatic hydroxyl groups excluding tert-OH is 1. The Morgan fingerprint density at radius 2 is 2.00 bits per heavy atom. The van der Waals surface area contributed by atoms with E-state index in [1.165, 1.54) is 0 Å². The van der Waals surface area contributed by atoms with E-state index in [4.69, 9.17) is 10.2 Å². The van der Waals surface area contributed by atoms with Gasteiger partial charge in [-0.15, -0.1) is 0 Å². The second-order valence-electron chi connectivity index (χ2n) is 3.63. The highest BCUT2D eigenvalue weighted by Crippen LogP contribution is 2.25. The molecule has 0 aliphatic carbocycles. The molecule has 0 saturated heterocycles. The first-order chi connectivity index (χ1) is 8.93. The van der Waals surface area contributed by atoms with Crippen LogP contribution in [0.2, 0.25) is 0 Å². The molecular weight excluding hydrogens is 384 g/mol. The Kier molecular flexibility index (Phi) is 6.26. The van der Waals surface area contributed by atoms with E-state index < -0.39 is 18.0 Å². The lowest BCUT2D eigenvalue weighted by Crippen LogP contribution is -2.43. The number of benzene rings is 1. The van der Waals surface area contributed by atoms with Gasteiger partial charge in [-0.3, -0.25) is 0 Å². The van der Waals surface area contributed by atoms with Crippen molar-refractivity contribution in [3.63, 3.8) is 0 Å². The molecule has 104 valence electrons. The van der Waals surface area contributed by atoms with Crippen LogP contribution >= 0.6 is 31.9 Å². The van der Waals surface area contributed by atoms with Crippen molar-refractivity contribution in [3.05, 3.63) is 27.1 Å². The molecule has 19 heavy (non-hydrogen) atoms. The molecule has 8 heteroatoms. The smallest absolute Gasteiger partial charge is 0.326 e. The number of rotatable bonds is 5. The van der Waals surface area contributed by atoms with E-state index in [2.05, 4.69) is 42.5 Å². The first-order valence-electron chi connectivity index (χ1n) is 5.30. The fourth-order valence-electron chi connectivity index (χ4n) is 1.30. The maximum atomic E-state index is 11.7. The van der Waals surface area contributed by atoms with Crippen LogP contribution in [0.3, 0.4) is 0 Å². The lowest BCUT2D eigenvalue weighted by molar-refractivity contribution is -0.139. The van der Waals surface area contributed by atoms with Crippen LogP contribution in [0, 0.1) is 0 Å². The molecule has 1 atom stereocenters. The molecule has 0 aliphatic rings. The number of aliphatic carboxylic acids is 1. The molecule has 0 unspecified atom stereocenters. The van der Waals surface area contributed by atoms with E-state index in [0.29, 0.717) is 10.2 Å². The zero-order chi connectivity index (χ0) is 14.4. The molecule has 0 saturated carbocycles. The number of amides is 2. The minimum Gasteiger partial charge on any atom is -0.480 e. The van der Waals surface area contributed by atoms with Crippen molar-refractivity contribution < 1.29 is 19.8 Å². The first-order valence-corrected chi connectivity index (χ1v) is 6.89. The fourth-order valence-corrected chi connectivity index (χ4v) is 2.00. The number of carbonyl (C=O) groups is 2. The predicted octanol–water partition coefficient (Wildman–Crippen LogP) is 2.17. The summed E-state index contributed by atoms with van der Waals surface area (Å²) < 4.78 is 1.44. The van der Waals surface area contributed by atoms with Crippen molar-refractivity contribution in [2.24, 2.45) is 0 Å². The fraction of sp³-hybridized carbons (Fsp3) is 0.273. The maximum absolute atomic E-state index is 11.7. The molecular formula is C11H12Br2N2O4. The Balaban J connectivity index is 2.68. The Bertz CT molecular complexity index is 482. The van der Waals surface area contributed by atoms with Crippen LogP contribution in [0.1, 0.15) is 6.42 Å². The zero-order valence-electron chi connectivity index (χ0n) is 9.69. The van der Waals surface area contributed by atoms with Gasteiger partial charge in [-0.05, 0) is 34.1 Å². The summed E-state index contributed by atoms with van der Waals surface area (Å²) in [6.45, 7) is -0.322. The molecule has 1 aromatic carbocycles. The third-order valence-electron chi connectivity index (χ3n) is 2.20. The molecule has 0 aliphatic heterocycles. The van der Waals surface area contributed by atoms with Crippen molar-refractivity contribution in [2.45, 2.75) is 12.5 Å². The zero-order valence-corrected chi connectivity index (χ0v) is 12.9. The number of nitrogens with one attached hydrogen (secondary N) is 2. The Morgan fingerprint density at radius 3 is 2.58 bits per heavy atom. The Labute approximate surface area is 126 Å². The van der Waals surface area contributed by atoms with Crippen LogP contribution in [0.15, 0.2) is 27.1 Å². The third kappa shape index (κ3) is 5.17. The summed E-state index contributed by atoms with van der Waals surface area (Å²) in [5.74, 6) is -1.20. The van der Waals surface area contributed by atoms with E-state index in [-0.39, 0.29) is 13.0 Å². The molecule has 0 heterocycles. The second kappa shape index (κ2) is 7.46. The van der Waals surface area contributed by atoms with Crippen LogP contribution < -0.4 is 10.6 Å². The largest absolute Gasteiger partial charge is 0.480 e. The summed E-state index contributed by atoms with van der Waals surface area (Å²) >= 11 is 6.53. The van der Waals surface area contributed by atoms with Gasteiger partial charge in [0, 0.05) is 22.0 Å². The van der Waals surface area contributed by atoms with E-state index in [9.17, 15) is 9.59 Å². The third-order valence-corrected chi connectivity index (χ3v) is 3.38.